The summed E-state index contributed by atoms with van der Waals surface area (Å²) in [6, 6.07) is 0. The van der Waals surface area contributed by atoms with Crippen LogP contribution in [0.15, 0.2) is 0 Å². The first kappa shape index (κ1) is 36.2. The van der Waals surface area contributed by atoms with Crippen LogP contribution in [0.1, 0.15) is 0 Å². The van der Waals surface area contributed by atoms with Crippen LogP contribution in [0.25, 0.3) is 0 Å². The summed E-state index contributed by atoms with van der Waals surface area (Å²) >= 11 is 0. The summed E-state index contributed by atoms with van der Waals surface area (Å²) < 4.78 is 0. The van der Waals surface area contributed by atoms with Crippen molar-refractivity contribution in [2.24, 2.45) is 0 Å². The zero-order valence-electron chi connectivity index (χ0n) is 6.76. The van der Waals surface area contributed by atoms with Crippen molar-refractivity contribution in [1.29, 1.82) is 0 Å². The fraction of sp³-hybridized carbons (Fsp3) is 0.500. The molecule has 10 nitrogen and oxygen atoms in total. The Hall–Kier alpha value is 0.336. The van der Waals surface area contributed by atoms with Crippen molar-refractivity contribution in [3.8, 4) is 0 Å². The van der Waals surface area contributed by atoms with E-state index >= 15 is 0 Å². The van der Waals surface area contributed by atoms with Crippen molar-refractivity contribution in [1.82, 2.24) is 0 Å². The Bertz CT molecular complexity index is 142. The molecule has 0 bridgehead atoms. The van der Waals surface area contributed by atoms with Gasteiger partial charge in [0.05, 0.1) is 0 Å². The van der Waals surface area contributed by atoms with Gasteiger partial charge < -0.3 is 42.3 Å². The van der Waals surface area contributed by atoms with E-state index in [1.165, 1.54) is 0 Å². The Balaban J connectivity index is -0.0000000405. The van der Waals surface area contributed by atoms with Crippen LogP contribution in [0.5, 0.6) is 0 Å². The van der Waals surface area contributed by atoms with Gasteiger partial charge in [-0.25, -0.2) is 9.59 Å². The van der Waals surface area contributed by atoms with E-state index in [9.17, 15) is 9.59 Å². The molecular weight excluding hydrogens is 247 g/mol. The zero-order chi connectivity index (χ0) is 8.31. The molecule has 0 aliphatic rings. The normalized spacial score (nSPS) is 10.5. The first-order chi connectivity index (χ1) is 4.46. The Morgan fingerprint density at radius 1 is 0.733 bits per heavy atom. The van der Waals surface area contributed by atoms with Gasteiger partial charge in [-0.15, -0.1) is 0 Å². The van der Waals surface area contributed by atoms with E-state index in [0.717, 1.165) is 0 Å². The summed E-state index contributed by atoms with van der Waals surface area (Å²) in [7, 11) is 0. The van der Waals surface area contributed by atoms with Crippen molar-refractivity contribution in [3.63, 3.8) is 0 Å². The van der Waals surface area contributed by atoms with Crippen molar-refractivity contribution in [2.45, 2.75) is 12.2 Å². The maximum absolute atomic E-state index is 9.77. The van der Waals surface area contributed by atoms with Gasteiger partial charge in [0, 0.05) is 0 Å². The summed E-state index contributed by atoms with van der Waals surface area (Å²) in [5.74, 6) is -3.54. The number of carboxylic acids is 2. The van der Waals surface area contributed by atoms with Gasteiger partial charge in [-0.05, 0) is 0 Å². The third kappa shape index (κ3) is 14.3. The molecule has 11 heteroatoms. The molecule has 0 aromatic rings. The molecule has 0 rings (SSSR count). The Morgan fingerprint density at radius 3 is 0.933 bits per heavy atom. The molecule has 0 amide bonds. The van der Waals surface area contributed by atoms with Crippen LogP contribution in [-0.2, 0) is 9.59 Å². The maximum atomic E-state index is 9.77. The van der Waals surface area contributed by atoms with Crippen LogP contribution in [0.2, 0.25) is 0 Å². The average Bonchev–Trinajstić information content (AvgIpc) is 1.84. The molecule has 0 radical (unpaired) electrons. The second kappa shape index (κ2) is 16.8. The molecule has 2 atom stereocenters. The van der Waals surface area contributed by atoms with Gasteiger partial charge in [0.15, 0.2) is 12.2 Å². The van der Waals surface area contributed by atoms with Gasteiger partial charge >= 0.3 is 63.3 Å². The van der Waals surface area contributed by atoms with Crippen LogP contribution in [-0.4, -0.2) is 118 Å². The van der Waals surface area contributed by atoms with Crippen molar-refractivity contribution < 1.29 is 51.9 Å². The van der Waals surface area contributed by atoms with Crippen LogP contribution in [0.4, 0.5) is 0 Å². The fourth-order valence-corrected chi connectivity index (χ4v) is 0.270. The Morgan fingerprint density at radius 2 is 0.867 bits per heavy atom. The van der Waals surface area contributed by atoms with E-state index in [4.69, 9.17) is 20.4 Å². The van der Waals surface area contributed by atoms with Gasteiger partial charge in [-0.1, -0.05) is 0 Å². The van der Waals surface area contributed by atoms with Gasteiger partial charge in [0.2, 0.25) is 0 Å². The van der Waals surface area contributed by atoms with E-state index in [2.05, 4.69) is 0 Å². The quantitative estimate of drug-likeness (QED) is 0.360. The predicted molar refractivity (Wildman–Crippen MR) is 48.9 cm³/mol. The number of hydrogen-bond donors (Lipinski definition) is 4. The molecule has 12 N–H and O–H groups in total. The molecule has 92 valence electrons. The number of aliphatic carboxylic acids is 2. The molecule has 0 aromatic heterocycles. The van der Waals surface area contributed by atoms with E-state index in [-0.39, 0.29) is 73.3 Å². The topological polar surface area (TPSA) is 241 Å². The van der Waals surface area contributed by atoms with Crippen molar-refractivity contribution in [3.05, 3.63) is 0 Å². The monoisotopic (exact) mass is 262 g/mol. The molecule has 0 aromatic carbocycles. The fourth-order valence-electron chi connectivity index (χ4n) is 0.270. The van der Waals surface area contributed by atoms with Crippen molar-refractivity contribution in [2.75, 3.05) is 0 Å². The first-order valence-electron chi connectivity index (χ1n) is 2.28. The van der Waals surface area contributed by atoms with Crippen LogP contribution in [0, 0.1) is 0 Å². The number of hydrogen-bond acceptors (Lipinski definition) is 4. The summed E-state index contributed by atoms with van der Waals surface area (Å²) in [5, 5.41) is 32.5. The molecule has 0 saturated heterocycles. The Labute approximate surface area is 126 Å². The number of aliphatic hydroxyl groups is 2. The van der Waals surface area contributed by atoms with Crippen LogP contribution < -0.4 is 0 Å². The molecule has 0 aliphatic carbocycles. The van der Waals surface area contributed by atoms with Gasteiger partial charge in [0.25, 0.3) is 0 Å². The number of carboxylic acid groups (broad SMARTS) is 2. The molecule has 2 unspecified atom stereocenters. The van der Waals surface area contributed by atoms with Crippen LogP contribution in [0.3, 0.4) is 0 Å². The second-order valence-electron chi connectivity index (χ2n) is 1.57. The SMILES string of the molecule is O.O.O.O.O=C(O)C(O)C(O)C(=O)O.[KH]. The summed E-state index contributed by atoms with van der Waals surface area (Å²) in [5.41, 5.74) is 0. The van der Waals surface area contributed by atoms with E-state index in [0.29, 0.717) is 0 Å². The zero-order valence-corrected chi connectivity index (χ0v) is 6.76. The molecule has 15 heavy (non-hydrogen) atoms. The molecule has 0 spiro atoms. The Kier molecular flexibility index (Phi) is 40.4. The summed E-state index contributed by atoms with van der Waals surface area (Å²) in [6.07, 6.45) is -4.53. The summed E-state index contributed by atoms with van der Waals surface area (Å²) in [4.78, 5) is 19.5. The third-order valence-electron chi connectivity index (χ3n) is 0.805. The average molecular weight is 262 g/mol. The van der Waals surface area contributed by atoms with Crippen molar-refractivity contribution >= 4 is 63.3 Å². The number of carbonyl (C=O) groups is 2. The van der Waals surface area contributed by atoms with E-state index in [1.54, 1.807) is 0 Å². The molecule has 0 fully saturated rings. The minimum atomic E-state index is -2.27. The minimum absolute atomic E-state index is 0. The number of aliphatic hydroxyl groups excluding tert-OH is 2. The molecule has 0 saturated carbocycles. The molecular formula is C4H15KO10. The van der Waals surface area contributed by atoms with E-state index in [1.807, 2.05) is 0 Å². The van der Waals surface area contributed by atoms with Gasteiger partial charge in [0.1, 0.15) is 0 Å². The standard InChI is InChI=1S/C4H6O6.K.4H2O.H/c5-1(3(7)8)2(6)4(9)10;;;;;;/h1-2,5-6H,(H,7,8)(H,9,10);;4*1H2;. The second-order valence-corrected chi connectivity index (χ2v) is 1.57. The third-order valence-corrected chi connectivity index (χ3v) is 0.805. The predicted octanol–water partition coefficient (Wildman–Crippen LogP) is -6.07. The number of rotatable bonds is 3. The van der Waals surface area contributed by atoms with E-state index < -0.39 is 24.1 Å². The molecule has 0 heterocycles. The first-order valence-corrected chi connectivity index (χ1v) is 2.28. The van der Waals surface area contributed by atoms with Gasteiger partial charge in [-0.3, -0.25) is 0 Å². The van der Waals surface area contributed by atoms with Gasteiger partial charge in [-0.2, -0.15) is 0 Å². The summed E-state index contributed by atoms with van der Waals surface area (Å²) in [6.45, 7) is 0. The molecule has 0 aliphatic heterocycles. The van der Waals surface area contributed by atoms with Crippen LogP contribution >= 0.6 is 0 Å².